The molecule has 2 unspecified atom stereocenters. The van der Waals surface area contributed by atoms with Crippen LogP contribution < -0.4 is 20.8 Å². The second-order valence-corrected chi connectivity index (χ2v) is 8.88. The topological polar surface area (TPSA) is 97.8 Å². The van der Waals surface area contributed by atoms with E-state index in [0.29, 0.717) is 28.8 Å². The first-order valence-electron chi connectivity index (χ1n) is 9.66. The zero-order chi connectivity index (χ0) is 21.2. The molecule has 2 aromatic rings. The van der Waals surface area contributed by atoms with E-state index in [1.807, 2.05) is 33.8 Å². The molecule has 2 fully saturated rings. The standard InChI is InChI=1S/C21H19BrFN3O4/c22-16-17-13(19(27)15(30-20(28)29)9-26(17)12-4-5-12)7-14(23)18(16)25-8-11-3-1-2-6-21(11,24)10-25/h1-3,6-7,9,11-12H,4-5,8,10,24H2,(H,28,29). The maximum absolute atomic E-state index is 15.3. The molecule has 1 aromatic carbocycles. The highest BCUT2D eigenvalue weighted by molar-refractivity contribution is 9.10. The van der Waals surface area contributed by atoms with Gasteiger partial charge >= 0.3 is 6.16 Å². The Labute approximate surface area is 179 Å². The van der Waals surface area contributed by atoms with E-state index in [4.69, 9.17) is 10.8 Å². The van der Waals surface area contributed by atoms with Crippen LogP contribution >= 0.6 is 15.9 Å². The number of pyridine rings is 1. The number of hydrogen-bond donors (Lipinski definition) is 2. The first kappa shape index (κ1) is 19.3. The summed E-state index contributed by atoms with van der Waals surface area (Å²) in [5.74, 6) is -0.845. The molecule has 7 nitrogen and oxygen atoms in total. The minimum Gasteiger partial charge on any atom is -0.449 e. The number of aromatic nitrogens is 1. The molecule has 3 aliphatic rings. The number of hydrogen-bond acceptors (Lipinski definition) is 5. The van der Waals surface area contributed by atoms with Crippen molar-refractivity contribution in [3.63, 3.8) is 0 Å². The van der Waals surface area contributed by atoms with Crippen LogP contribution in [-0.4, -0.2) is 34.5 Å². The van der Waals surface area contributed by atoms with Crippen LogP contribution in [0.5, 0.6) is 5.75 Å². The number of nitrogens with zero attached hydrogens (tertiary/aromatic N) is 2. The molecule has 1 saturated carbocycles. The van der Waals surface area contributed by atoms with Gasteiger partial charge in [-0.2, -0.15) is 0 Å². The molecule has 2 atom stereocenters. The van der Waals surface area contributed by atoms with Crippen LogP contribution in [0.4, 0.5) is 14.9 Å². The van der Waals surface area contributed by atoms with E-state index in [1.54, 1.807) is 0 Å². The Morgan fingerprint density at radius 1 is 1.37 bits per heavy atom. The normalized spacial score (nSPS) is 25.0. The quantitative estimate of drug-likeness (QED) is 0.658. The van der Waals surface area contributed by atoms with Crippen molar-refractivity contribution in [2.45, 2.75) is 24.4 Å². The maximum Gasteiger partial charge on any atom is 0.511 e. The summed E-state index contributed by atoms with van der Waals surface area (Å²) in [6, 6.07) is 1.27. The number of benzene rings is 1. The van der Waals surface area contributed by atoms with Gasteiger partial charge in [-0.05, 0) is 34.8 Å². The van der Waals surface area contributed by atoms with E-state index in [0.717, 1.165) is 12.8 Å². The Balaban J connectivity index is 1.69. The van der Waals surface area contributed by atoms with E-state index in [9.17, 15) is 9.59 Å². The highest BCUT2D eigenvalue weighted by atomic mass is 79.9. The van der Waals surface area contributed by atoms with Gasteiger partial charge in [0.25, 0.3) is 0 Å². The average molecular weight is 476 g/mol. The Kier molecular flexibility index (Phi) is 4.30. The molecule has 5 rings (SSSR count). The third-order valence-electron chi connectivity index (χ3n) is 6.04. The van der Waals surface area contributed by atoms with Crippen molar-refractivity contribution < 1.29 is 19.0 Å². The van der Waals surface area contributed by atoms with Gasteiger partial charge in [0, 0.05) is 25.0 Å². The number of nitrogens with two attached hydrogens (primary N) is 1. The molecule has 3 N–H and O–H groups in total. The largest absolute Gasteiger partial charge is 0.511 e. The van der Waals surface area contributed by atoms with Crippen molar-refractivity contribution in [2.24, 2.45) is 11.7 Å². The first-order valence-corrected chi connectivity index (χ1v) is 10.5. The SMILES string of the molecule is NC12C=CC=CC1CN(c1c(F)cc3c(=O)c(OC(=O)O)cn(C4CC4)c3c1Br)C2. The van der Waals surface area contributed by atoms with Crippen molar-refractivity contribution in [1.29, 1.82) is 0 Å². The van der Waals surface area contributed by atoms with Gasteiger partial charge in [-0.1, -0.05) is 24.3 Å². The Morgan fingerprint density at radius 2 is 2.13 bits per heavy atom. The maximum atomic E-state index is 15.3. The summed E-state index contributed by atoms with van der Waals surface area (Å²) in [5.41, 5.74) is 6.18. The zero-order valence-corrected chi connectivity index (χ0v) is 17.4. The molecule has 0 amide bonds. The summed E-state index contributed by atoms with van der Waals surface area (Å²) in [6.45, 7) is 0.986. The lowest BCUT2D eigenvalue weighted by atomic mass is 9.85. The summed E-state index contributed by atoms with van der Waals surface area (Å²) < 4.78 is 22.2. The molecule has 1 aliphatic heterocycles. The van der Waals surface area contributed by atoms with Gasteiger partial charge < -0.3 is 25.0 Å². The number of fused-ring (bicyclic) bond motifs is 2. The second-order valence-electron chi connectivity index (χ2n) is 8.09. The zero-order valence-electron chi connectivity index (χ0n) is 15.8. The van der Waals surface area contributed by atoms with Crippen LogP contribution in [0.1, 0.15) is 18.9 Å². The van der Waals surface area contributed by atoms with Crippen molar-refractivity contribution in [3.8, 4) is 5.75 Å². The molecule has 1 saturated heterocycles. The Bertz CT molecular complexity index is 1200. The van der Waals surface area contributed by atoms with Crippen molar-refractivity contribution in [2.75, 3.05) is 18.0 Å². The fraction of sp³-hybridized carbons (Fsp3) is 0.333. The predicted octanol–water partition coefficient (Wildman–Crippen LogP) is 3.55. The molecule has 2 aliphatic carbocycles. The Morgan fingerprint density at radius 3 is 2.80 bits per heavy atom. The van der Waals surface area contributed by atoms with Crippen LogP contribution in [0.2, 0.25) is 0 Å². The fourth-order valence-corrected chi connectivity index (χ4v) is 5.30. The molecule has 30 heavy (non-hydrogen) atoms. The number of anilines is 1. The molecule has 0 spiro atoms. The van der Waals surface area contributed by atoms with E-state index in [1.165, 1.54) is 12.3 Å². The minimum atomic E-state index is -1.58. The number of halogens is 2. The summed E-state index contributed by atoms with van der Waals surface area (Å²) in [4.78, 5) is 25.7. The van der Waals surface area contributed by atoms with E-state index >= 15 is 4.39 Å². The minimum absolute atomic E-state index is 0.0569. The number of allylic oxidation sites excluding steroid dienone is 2. The van der Waals surface area contributed by atoms with Gasteiger partial charge in [0.05, 0.1) is 32.8 Å². The van der Waals surface area contributed by atoms with Crippen molar-refractivity contribution >= 4 is 38.7 Å². The van der Waals surface area contributed by atoms with Gasteiger partial charge in [-0.25, -0.2) is 9.18 Å². The summed E-state index contributed by atoms with van der Waals surface area (Å²) in [5, 5.41) is 9.02. The van der Waals surface area contributed by atoms with Crippen LogP contribution in [0.3, 0.4) is 0 Å². The van der Waals surface area contributed by atoms with E-state index < -0.39 is 22.9 Å². The molecular formula is C21H19BrFN3O4. The third-order valence-corrected chi connectivity index (χ3v) is 6.79. The molecule has 1 aromatic heterocycles. The van der Waals surface area contributed by atoms with Gasteiger partial charge in [-0.3, -0.25) is 4.79 Å². The molecule has 9 heteroatoms. The Hall–Kier alpha value is -2.65. The predicted molar refractivity (Wildman–Crippen MR) is 114 cm³/mol. The van der Waals surface area contributed by atoms with Crippen LogP contribution in [0.15, 0.2) is 45.8 Å². The van der Waals surface area contributed by atoms with Gasteiger partial charge in [0.1, 0.15) is 5.82 Å². The van der Waals surface area contributed by atoms with Gasteiger partial charge in [0.15, 0.2) is 5.75 Å². The highest BCUT2D eigenvalue weighted by Gasteiger charge is 2.43. The molecule has 2 heterocycles. The number of carbonyl (C=O) groups is 1. The van der Waals surface area contributed by atoms with Crippen LogP contribution in [0.25, 0.3) is 10.9 Å². The highest BCUT2D eigenvalue weighted by Crippen LogP contribution is 2.44. The van der Waals surface area contributed by atoms with Crippen molar-refractivity contribution in [3.05, 3.63) is 57.1 Å². The fourth-order valence-electron chi connectivity index (χ4n) is 4.44. The molecular weight excluding hydrogens is 457 g/mol. The van der Waals surface area contributed by atoms with Crippen molar-refractivity contribution in [1.82, 2.24) is 4.57 Å². The van der Waals surface area contributed by atoms with E-state index in [2.05, 4.69) is 20.7 Å². The summed E-state index contributed by atoms with van der Waals surface area (Å²) in [6.07, 6.45) is 9.42. The summed E-state index contributed by atoms with van der Waals surface area (Å²) >= 11 is 3.54. The smallest absolute Gasteiger partial charge is 0.449 e. The average Bonchev–Trinajstić information content (AvgIpc) is 3.45. The number of carboxylic acid groups (broad SMARTS) is 1. The lowest BCUT2D eigenvalue weighted by Gasteiger charge is -2.27. The molecule has 0 bridgehead atoms. The third kappa shape index (κ3) is 2.95. The lowest BCUT2D eigenvalue weighted by Crippen LogP contribution is -2.46. The van der Waals surface area contributed by atoms with Crippen LogP contribution in [0, 0.1) is 11.7 Å². The second kappa shape index (κ2) is 6.68. The summed E-state index contributed by atoms with van der Waals surface area (Å²) in [7, 11) is 0. The lowest BCUT2D eigenvalue weighted by molar-refractivity contribution is 0.143. The first-order chi connectivity index (χ1) is 14.3. The van der Waals surface area contributed by atoms with Gasteiger partial charge in [-0.15, -0.1) is 0 Å². The van der Waals surface area contributed by atoms with Crippen LogP contribution in [-0.2, 0) is 0 Å². The molecule has 0 radical (unpaired) electrons. The number of ether oxygens (including phenoxy) is 1. The van der Waals surface area contributed by atoms with Gasteiger partial charge in [0.2, 0.25) is 5.43 Å². The number of rotatable bonds is 3. The van der Waals surface area contributed by atoms with E-state index in [-0.39, 0.29) is 23.1 Å². The molecule has 156 valence electrons. The monoisotopic (exact) mass is 475 g/mol.